The number of nitrogens with one attached hydrogen (secondary N) is 1. The lowest BCUT2D eigenvalue weighted by atomic mass is 10.1. The molecule has 2 rings (SSSR count). The van der Waals surface area contributed by atoms with Crippen LogP contribution in [0.3, 0.4) is 0 Å². The zero-order valence-electron chi connectivity index (χ0n) is 9.92. The molecule has 0 bridgehead atoms. The fraction of sp³-hybridized carbons (Fsp3) is 0.333. The molecule has 1 unspecified atom stereocenters. The van der Waals surface area contributed by atoms with Crippen LogP contribution in [-0.4, -0.2) is 30.6 Å². The van der Waals surface area contributed by atoms with Crippen LogP contribution in [0.4, 0.5) is 5.69 Å². The smallest absolute Gasteiger partial charge is 0.339 e. The van der Waals surface area contributed by atoms with Crippen molar-refractivity contribution in [1.82, 2.24) is 5.43 Å². The Morgan fingerprint density at radius 2 is 2.22 bits per heavy atom. The van der Waals surface area contributed by atoms with Gasteiger partial charge in [-0.2, -0.15) is 0 Å². The minimum Gasteiger partial charge on any atom is -0.467 e. The number of amides is 1. The first-order chi connectivity index (χ1) is 8.63. The predicted molar refractivity (Wildman–Crippen MR) is 63.5 cm³/mol. The van der Waals surface area contributed by atoms with Gasteiger partial charge in [0.05, 0.1) is 12.8 Å². The van der Waals surface area contributed by atoms with E-state index in [0.29, 0.717) is 24.2 Å². The van der Waals surface area contributed by atoms with Crippen molar-refractivity contribution in [1.29, 1.82) is 0 Å². The quantitative estimate of drug-likeness (QED) is 0.746. The Bertz CT molecular complexity index is 475. The molecular weight excluding hydrogens is 236 g/mol. The monoisotopic (exact) mass is 250 g/mol. The van der Waals surface area contributed by atoms with Crippen LogP contribution in [0.1, 0.15) is 18.1 Å². The summed E-state index contributed by atoms with van der Waals surface area (Å²) in [4.78, 5) is 22.6. The van der Waals surface area contributed by atoms with E-state index in [1.807, 2.05) is 0 Å². The Morgan fingerprint density at radius 1 is 1.50 bits per heavy atom. The number of rotatable bonds is 3. The summed E-state index contributed by atoms with van der Waals surface area (Å²) in [5.74, 6) is -0.815. The van der Waals surface area contributed by atoms with E-state index in [9.17, 15) is 14.7 Å². The molecule has 1 saturated heterocycles. The number of aliphatic hydroxyl groups excluding tert-OH is 1. The lowest BCUT2D eigenvalue weighted by Crippen LogP contribution is -2.34. The molecule has 1 aliphatic heterocycles. The summed E-state index contributed by atoms with van der Waals surface area (Å²) < 4.78 is 4.51. The van der Waals surface area contributed by atoms with Crippen molar-refractivity contribution < 1.29 is 19.4 Å². The number of ether oxygens (including phenoxy) is 1. The van der Waals surface area contributed by atoms with E-state index in [1.54, 1.807) is 29.3 Å². The van der Waals surface area contributed by atoms with E-state index in [0.717, 1.165) is 0 Å². The number of esters is 1. The van der Waals surface area contributed by atoms with Crippen molar-refractivity contribution in [2.45, 2.75) is 12.5 Å². The molecule has 6 heteroatoms. The molecule has 0 radical (unpaired) electrons. The maximum absolute atomic E-state index is 11.4. The first-order valence-corrected chi connectivity index (χ1v) is 5.55. The van der Waals surface area contributed by atoms with Crippen molar-refractivity contribution >= 4 is 17.6 Å². The summed E-state index contributed by atoms with van der Waals surface area (Å²) in [6, 6.07) is 6.84. The van der Waals surface area contributed by atoms with Crippen LogP contribution in [0.15, 0.2) is 24.3 Å². The lowest BCUT2D eigenvalue weighted by Gasteiger charge is -2.22. The molecule has 6 nitrogen and oxygen atoms in total. The maximum Gasteiger partial charge on any atom is 0.339 e. The van der Waals surface area contributed by atoms with Crippen LogP contribution in [0.5, 0.6) is 0 Å². The summed E-state index contributed by atoms with van der Waals surface area (Å²) in [5.41, 5.74) is 3.66. The van der Waals surface area contributed by atoms with Gasteiger partial charge in [0.15, 0.2) is 6.10 Å². The summed E-state index contributed by atoms with van der Waals surface area (Å²) >= 11 is 0. The number of benzene rings is 1. The highest BCUT2D eigenvalue weighted by Gasteiger charge is 2.26. The van der Waals surface area contributed by atoms with Gasteiger partial charge in [0.2, 0.25) is 5.91 Å². The molecule has 1 aromatic carbocycles. The normalized spacial score (nSPS) is 16.3. The SMILES string of the molecule is COC(=O)C(O)c1ccccc1N1CCC(=O)N1. The minimum absolute atomic E-state index is 0.0858. The van der Waals surface area contributed by atoms with Crippen molar-refractivity contribution in [2.75, 3.05) is 18.7 Å². The Balaban J connectivity index is 2.31. The van der Waals surface area contributed by atoms with Gasteiger partial charge >= 0.3 is 5.97 Å². The number of anilines is 1. The molecule has 0 aromatic heterocycles. The molecule has 2 N–H and O–H groups in total. The zero-order chi connectivity index (χ0) is 13.1. The third-order valence-corrected chi connectivity index (χ3v) is 2.77. The van der Waals surface area contributed by atoms with Gasteiger partial charge in [0.1, 0.15) is 0 Å². The molecular formula is C12H14N2O4. The number of para-hydroxylation sites is 1. The van der Waals surface area contributed by atoms with Crippen LogP contribution >= 0.6 is 0 Å². The zero-order valence-corrected chi connectivity index (χ0v) is 9.92. The number of hydrazine groups is 1. The van der Waals surface area contributed by atoms with E-state index >= 15 is 0 Å². The minimum atomic E-state index is -1.36. The Hall–Kier alpha value is -2.08. The standard InChI is InChI=1S/C12H14N2O4/c1-18-12(17)11(16)8-4-2-3-5-9(8)14-7-6-10(15)13-14/h2-5,11,16H,6-7H2,1H3,(H,13,15). The number of nitrogens with zero attached hydrogens (tertiary/aromatic N) is 1. The summed E-state index contributed by atoms with van der Waals surface area (Å²) in [7, 11) is 1.21. The average Bonchev–Trinajstić information content (AvgIpc) is 2.83. The van der Waals surface area contributed by atoms with Crippen molar-refractivity contribution in [3.8, 4) is 0 Å². The summed E-state index contributed by atoms with van der Waals surface area (Å²) in [6.07, 6.45) is -0.966. The Labute approximate surface area is 104 Å². The number of hydrogen-bond acceptors (Lipinski definition) is 5. The molecule has 1 fully saturated rings. The number of methoxy groups -OCH3 is 1. The molecule has 1 aromatic rings. The fourth-order valence-electron chi connectivity index (χ4n) is 1.86. The highest BCUT2D eigenvalue weighted by atomic mass is 16.5. The van der Waals surface area contributed by atoms with E-state index in [4.69, 9.17) is 0 Å². The third-order valence-electron chi connectivity index (χ3n) is 2.77. The molecule has 0 spiro atoms. The van der Waals surface area contributed by atoms with E-state index in [2.05, 4.69) is 10.2 Å². The highest BCUT2D eigenvalue weighted by molar-refractivity contribution is 5.83. The second-order valence-corrected chi connectivity index (χ2v) is 3.92. The molecule has 18 heavy (non-hydrogen) atoms. The van der Waals surface area contributed by atoms with Gasteiger partial charge in [0.25, 0.3) is 0 Å². The van der Waals surface area contributed by atoms with Crippen LogP contribution in [0, 0.1) is 0 Å². The number of carbonyl (C=O) groups excluding carboxylic acids is 2. The van der Waals surface area contributed by atoms with Gasteiger partial charge in [-0.05, 0) is 6.07 Å². The van der Waals surface area contributed by atoms with Crippen molar-refractivity contribution in [2.24, 2.45) is 0 Å². The van der Waals surface area contributed by atoms with Crippen LogP contribution in [-0.2, 0) is 14.3 Å². The first-order valence-electron chi connectivity index (χ1n) is 5.55. The molecule has 0 saturated carbocycles. The summed E-state index contributed by atoms with van der Waals surface area (Å²) in [5, 5.41) is 11.5. The number of aliphatic hydroxyl groups is 1. The van der Waals surface area contributed by atoms with Gasteiger partial charge in [0, 0.05) is 18.5 Å². The van der Waals surface area contributed by atoms with Crippen molar-refractivity contribution in [3.05, 3.63) is 29.8 Å². The maximum atomic E-state index is 11.4. The second-order valence-electron chi connectivity index (χ2n) is 3.92. The van der Waals surface area contributed by atoms with Crippen LogP contribution in [0.2, 0.25) is 0 Å². The number of hydrogen-bond donors (Lipinski definition) is 2. The van der Waals surface area contributed by atoms with Gasteiger partial charge < -0.3 is 9.84 Å². The molecule has 1 amide bonds. The van der Waals surface area contributed by atoms with E-state index in [1.165, 1.54) is 7.11 Å². The van der Waals surface area contributed by atoms with Crippen LogP contribution < -0.4 is 10.4 Å². The number of carbonyl (C=O) groups is 2. The molecule has 1 heterocycles. The largest absolute Gasteiger partial charge is 0.467 e. The van der Waals surface area contributed by atoms with Crippen LogP contribution in [0.25, 0.3) is 0 Å². The predicted octanol–water partition coefficient (Wildman–Crippen LogP) is 0.134. The Morgan fingerprint density at radius 3 is 2.83 bits per heavy atom. The van der Waals surface area contributed by atoms with Gasteiger partial charge in [-0.25, -0.2) is 4.79 Å². The lowest BCUT2D eigenvalue weighted by molar-refractivity contribution is -0.150. The third kappa shape index (κ3) is 2.28. The molecule has 1 atom stereocenters. The van der Waals surface area contributed by atoms with Gasteiger partial charge in [-0.3, -0.25) is 15.2 Å². The highest BCUT2D eigenvalue weighted by Crippen LogP contribution is 2.27. The topological polar surface area (TPSA) is 78.9 Å². The Kier molecular flexibility index (Phi) is 3.47. The van der Waals surface area contributed by atoms with Gasteiger partial charge in [-0.15, -0.1) is 0 Å². The van der Waals surface area contributed by atoms with Gasteiger partial charge in [-0.1, -0.05) is 18.2 Å². The fourth-order valence-corrected chi connectivity index (χ4v) is 1.86. The van der Waals surface area contributed by atoms with Crippen molar-refractivity contribution in [3.63, 3.8) is 0 Å². The van der Waals surface area contributed by atoms with E-state index in [-0.39, 0.29) is 5.91 Å². The first kappa shape index (κ1) is 12.4. The molecule has 0 aliphatic carbocycles. The molecule has 1 aliphatic rings. The second kappa shape index (κ2) is 5.05. The van der Waals surface area contributed by atoms with E-state index < -0.39 is 12.1 Å². The molecule has 96 valence electrons. The summed E-state index contributed by atoms with van der Waals surface area (Å²) in [6.45, 7) is 0.504. The average molecular weight is 250 g/mol.